The summed E-state index contributed by atoms with van der Waals surface area (Å²) < 4.78 is 13.4. The first-order chi connectivity index (χ1) is 8.24. The molecule has 88 valence electrons. The molecule has 2 rings (SSSR count). The number of benzene rings is 1. The van der Waals surface area contributed by atoms with Crippen molar-refractivity contribution in [3.8, 4) is 0 Å². The first kappa shape index (κ1) is 12.0. The van der Waals surface area contributed by atoms with E-state index in [1.165, 1.54) is 6.07 Å². The number of pyridine rings is 1. The van der Waals surface area contributed by atoms with Crippen molar-refractivity contribution in [1.29, 1.82) is 0 Å². The summed E-state index contributed by atoms with van der Waals surface area (Å²) in [5.74, 6) is -0.409. The lowest BCUT2D eigenvalue weighted by Gasteiger charge is -2.18. The van der Waals surface area contributed by atoms with Crippen LogP contribution in [0.5, 0.6) is 0 Å². The molecule has 1 aromatic heterocycles. The highest BCUT2D eigenvalue weighted by Gasteiger charge is 2.17. The fourth-order valence-corrected chi connectivity index (χ4v) is 2.03. The van der Waals surface area contributed by atoms with Gasteiger partial charge in [0.1, 0.15) is 5.82 Å². The zero-order chi connectivity index (χ0) is 12.3. The van der Waals surface area contributed by atoms with Crippen molar-refractivity contribution in [1.82, 2.24) is 10.3 Å². The van der Waals surface area contributed by atoms with E-state index < -0.39 is 5.82 Å². The van der Waals surface area contributed by atoms with Crippen molar-refractivity contribution in [2.24, 2.45) is 0 Å². The summed E-state index contributed by atoms with van der Waals surface area (Å²) in [6.45, 7) is 0. The van der Waals surface area contributed by atoms with Gasteiger partial charge in [0.05, 0.1) is 11.1 Å². The van der Waals surface area contributed by atoms with E-state index in [2.05, 4.69) is 10.3 Å². The Morgan fingerprint density at radius 1 is 1.29 bits per heavy atom. The molecule has 0 aliphatic heterocycles. The quantitative estimate of drug-likeness (QED) is 0.905. The Hall–Kier alpha value is -1.45. The van der Waals surface area contributed by atoms with E-state index in [9.17, 15) is 4.39 Å². The number of hydrogen-bond acceptors (Lipinski definition) is 2. The molecule has 0 amide bonds. The molecule has 1 heterocycles. The van der Waals surface area contributed by atoms with Gasteiger partial charge in [-0.25, -0.2) is 4.39 Å². The van der Waals surface area contributed by atoms with Gasteiger partial charge in [0, 0.05) is 12.4 Å². The number of nitrogens with zero attached hydrogens (tertiary/aromatic N) is 1. The average Bonchev–Trinajstić information content (AvgIpc) is 2.37. The molecule has 0 fully saturated rings. The van der Waals surface area contributed by atoms with Crippen molar-refractivity contribution in [3.05, 3.63) is 64.7 Å². The smallest absolute Gasteiger partial charge is 0.142 e. The van der Waals surface area contributed by atoms with Crippen LogP contribution in [0, 0.1) is 5.82 Å². The van der Waals surface area contributed by atoms with E-state index in [-0.39, 0.29) is 11.1 Å². The zero-order valence-electron chi connectivity index (χ0n) is 9.32. The Morgan fingerprint density at radius 2 is 2.12 bits per heavy atom. The SMILES string of the molecule is CNC(c1cccnc1)c1cccc(F)c1Cl. The minimum atomic E-state index is -0.409. The summed E-state index contributed by atoms with van der Waals surface area (Å²) >= 11 is 5.98. The predicted molar refractivity (Wildman–Crippen MR) is 66.5 cm³/mol. The number of hydrogen-bond donors (Lipinski definition) is 1. The van der Waals surface area contributed by atoms with E-state index in [0.717, 1.165) is 5.56 Å². The maximum absolute atomic E-state index is 13.4. The molecule has 0 saturated heterocycles. The topological polar surface area (TPSA) is 24.9 Å². The zero-order valence-corrected chi connectivity index (χ0v) is 10.1. The first-order valence-corrected chi connectivity index (χ1v) is 5.63. The summed E-state index contributed by atoms with van der Waals surface area (Å²) in [7, 11) is 1.80. The molecule has 2 nitrogen and oxygen atoms in total. The van der Waals surface area contributed by atoms with Crippen molar-refractivity contribution < 1.29 is 4.39 Å². The summed E-state index contributed by atoms with van der Waals surface area (Å²) in [6, 6.07) is 8.41. The van der Waals surface area contributed by atoms with Crippen LogP contribution in [0.25, 0.3) is 0 Å². The number of halogens is 2. The van der Waals surface area contributed by atoms with Crippen molar-refractivity contribution in [3.63, 3.8) is 0 Å². The Kier molecular flexibility index (Phi) is 3.71. The molecule has 1 unspecified atom stereocenters. The molecule has 17 heavy (non-hydrogen) atoms. The van der Waals surface area contributed by atoms with Crippen LogP contribution >= 0.6 is 11.6 Å². The third kappa shape index (κ3) is 2.46. The van der Waals surface area contributed by atoms with E-state index >= 15 is 0 Å². The number of aromatic nitrogens is 1. The monoisotopic (exact) mass is 250 g/mol. The van der Waals surface area contributed by atoms with E-state index in [1.807, 2.05) is 12.1 Å². The van der Waals surface area contributed by atoms with Gasteiger partial charge in [-0.2, -0.15) is 0 Å². The average molecular weight is 251 g/mol. The van der Waals surface area contributed by atoms with Gasteiger partial charge >= 0.3 is 0 Å². The molecule has 0 bridgehead atoms. The minimum Gasteiger partial charge on any atom is -0.309 e. The Morgan fingerprint density at radius 3 is 2.76 bits per heavy atom. The normalized spacial score (nSPS) is 12.4. The van der Waals surface area contributed by atoms with Crippen LogP contribution in [0.3, 0.4) is 0 Å². The second-order valence-corrected chi connectivity index (χ2v) is 4.03. The lowest BCUT2D eigenvalue weighted by atomic mass is 10.0. The molecule has 1 atom stereocenters. The van der Waals surface area contributed by atoms with Gasteiger partial charge in [-0.3, -0.25) is 4.98 Å². The lowest BCUT2D eigenvalue weighted by Crippen LogP contribution is -2.18. The van der Waals surface area contributed by atoms with Crippen LogP contribution in [0.1, 0.15) is 17.2 Å². The van der Waals surface area contributed by atoms with Gasteiger partial charge in [-0.05, 0) is 30.3 Å². The van der Waals surface area contributed by atoms with Gasteiger partial charge in [0.2, 0.25) is 0 Å². The van der Waals surface area contributed by atoms with Crippen LogP contribution < -0.4 is 5.32 Å². The number of rotatable bonds is 3. The summed E-state index contributed by atoms with van der Waals surface area (Å²) in [6.07, 6.45) is 3.44. The highest BCUT2D eigenvalue weighted by atomic mass is 35.5. The van der Waals surface area contributed by atoms with E-state index in [0.29, 0.717) is 5.56 Å². The summed E-state index contributed by atoms with van der Waals surface area (Å²) in [5, 5.41) is 3.26. The largest absolute Gasteiger partial charge is 0.309 e. The highest BCUT2D eigenvalue weighted by molar-refractivity contribution is 6.31. The van der Waals surface area contributed by atoms with E-state index in [1.54, 1.807) is 31.6 Å². The fourth-order valence-electron chi connectivity index (χ4n) is 1.79. The maximum atomic E-state index is 13.4. The molecule has 1 aromatic carbocycles. The van der Waals surface area contributed by atoms with Crippen LogP contribution in [0.2, 0.25) is 5.02 Å². The summed E-state index contributed by atoms with van der Waals surface area (Å²) in [4.78, 5) is 4.05. The lowest BCUT2D eigenvalue weighted by molar-refractivity contribution is 0.617. The molecule has 0 spiro atoms. The highest BCUT2D eigenvalue weighted by Crippen LogP contribution is 2.29. The minimum absolute atomic E-state index is 0.149. The van der Waals surface area contributed by atoms with Gasteiger partial charge in [-0.1, -0.05) is 29.8 Å². The molecular formula is C13H12ClFN2. The third-order valence-electron chi connectivity index (χ3n) is 2.60. The van der Waals surface area contributed by atoms with Crippen LogP contribution in [0.4, 0.5) is 4.39 Å². The first-order valence-electron chi connectivity index (χ1n) is 5.25. The van der Waals surface area contributed by atoms with Crippen LogP contribution in [0.15, 0.2) is 42.7 Å². The fraction of sp³-hybridized carbons (Fsp3) is 0.154. The van der Waals surface area contributed by atoms with Gasteiger partial charge in [0.25, 0.3) is 0 Å². The van der Waals surface area contributed by atoms with Crippen LogP contribution in [-0.4, -0.2) is 12.0 Å². The summed E-state index contributed by atoms with van der Waals surface area (Å²) in [5.41, 5.74) is 1.66. The van der Waals surface area contributed by atoms with E-state index in [4.69, 9.17) is 11.6 Å². The van der Waals surface area contributed by atoms with Crippen molar-refractivity contribution >= 4 is 11.6 Å². The van der Waals surface area contributed by atoms with Crippen molar-refractivity contribution in [2.75, 3.05) is 7.05 Å². The second-order valence-electron chi connectivity index (χ2n) is 3.65. The molecule has 0 aliphatic rings. The van der Waals surface area contributed by atoms with Gasteiger partial charge < -0.3 is 5.32 Å². The Bertz CT molecular complexity index is 502. The van der Waals surface area contributed by atoms with Gasteiger partial charge in [0.15, 0.2) is 0 Å². The molecule has 0 aliphatic carbocycles. The Labute approximate surface area is 104 Å². The van der Waals surface area contributed by atoms with Crippen molar-refractivity contribution in [2.45, 2.75) is 6.04 Å². The molecule has 0 radical (unpaired) electrons. The number of nitrogens with one attached hydrogen (secondary N) is 1. The maximum Gasteiger partial charge on any atom is 0.142 e. The van der Waals surface area contributed by atoms with Gasteiger partial charge in [-0.15, -0.1) is 0 Å². The Balaban J connectivity index is 2.46. The predicted octanol–water partition coefficient (Wildman–Crippen LogP) is 3.18. The molecular weight excluding hydrogens is 239 g/mol. The standard InChI is InChI=1S/C13H12ClFN2/c1-16-13(9-4-3-7-17-8-9)10-5-2-6-11(15)12(10)14/h2-8,13,16H,1H3. The molecule has 2 aromatic rings. The molecule has 0 saturated carbocycles. The van der Waals surface area contributed by atoms with Crippen LogP contribution in [-0.2, 0) is 0 Å². The third-order valence-corrected chi connectivity index (χ3v) is 3.00. The molecule has 1 N–H and O–H groups in total. The second kappa shape index (κ2) is 5.25. The molecule has 4 heteroatoms.